The van der Waals surface area contributed by atoms with E-state index in [1.807, 2.05) is 23.2 Å². The molecule has 0 aliphatic carbocycles. The topological polar surface area (TPSA) is 24.8 Å². The van der Waals surface area contributed by atoms with Crippen LogP contribution in [0.5, 0.6) is 5.75 Å². The van der Waals surface area contributed by atoms with Gasteiger partial charge in [-0.05, 0) is 48.0 Å². The Bertz CT molecular complexity index is 1070. The molecule has 0 unspecified atom stereocenters. The smallest absolute Gasteiger partial charge is 0.213 e. The van der Waals surface area contributed by atoms with Crippen LogP contribution in [-0.2, 0) is 0 Å². The van der Waals surface area contributed by atoms with Crippen molar-refractivity contribution in [3.8, 4) is 5.75 Å². The van der Waals surface area contributed by atoms with E-state index in [9.17, 15) is 8.78 Å². The third-order valence-electron chi connectivity index (χ3n) is 5.08. The largest absolute Gasteiger partial charge is 0.464 e. The predicted molar refractivity (Wildman–Crippen MR) is 106 cm³/mol. The van der Waals surface area contributed by atoms with Crippen molar-refractivity contribution in [1.29, 1.82) is 0 Å². The highest BCUT2D eigenvalue weighted by atomic mass is 79.9. The lowest BCUT2D eigenvalue weighted by Crippen LogP contribution is -2.33. The van der Waals surface area contributed by atoms with Gasteiger partial charge in [0.15, 0.2) is 0 Å². The summed E-state index contributed by atoms with van der Waals surface area (Å²) in [6, 6.07) is 18.5. The summed E-state index contributed by atoms with van der Waals surface area (Å²) in [7, 11) is 0. The summed E-state index contributed by atoms with van der Waals surface area (Å²) in [6.45, 7) is 0. The summed E-state index contributed by atoms with van der Waals surface area (Å²) < 4.78 is 33.9. The Hall–Kier alpha value is -2.73. The van der Waals surface area contributed by atoms with E-state index >= 15 is 0 Å². The number of benzene rings is 3. The van der Waals surface area contributed by atoms with Crippen molar-refractivity contribution in [2.24, 2.45) is 5.10 Å². The standard InChI is InChI=1S/C22H15BrF2N2O/c23-15-5-10-21-18(11-15)20-12-19(13-1-6-16(24)7-2-13)26-27(20)22(28-21)14-3-8-17(25)9-4-14/h1-11,20,22H,12H2/t20-,22+/m0/s1. The molecule has 0 amide bonds. The monoisotopic (exact) mass is 440 g/mol. The molecule has 28 heavy (non-hydrogen) atoms. The number of halogens is 3. The van der Waals surface area contributed by atoms with Gasteiger partial charge in [0, 0.05) is 22.0 Å². The first-order valence-electron chi connectivity index (χ1n) is 8.92. The summed E-state index contributed by atoms with van der Waals surface area (Å²) >= 11 is 3.53. The minimum atomic E-state index is -0.461. The van der Waals surface area contributed by atoms with Gasteiger partial charge in [-0.2, -0.15) is 5.10 Å². The van der Waals surface area contributed by atoms with Crippen molar-refractivity contribution in [3.05, 3.63) is 99.5 Å². The first-order chi connectivity index (χ1) is 13.6. The maximum absolute atomic E-state index is 13.4. The molecule has 0 saturated carbocycles. The summed E-state index contributed by atoms with van der Waals surface area (Å²) in [5.41, 5.74) is 3.61. The van der Waals surface area contributed by atoms with Gasteiger partial charge in [-0.1, -0.05) is 40.2 Å². The zero-order valence-electron chi connectivity index (χ0n) is 14.6. The Kier molecular flexibility index (Phi) is 4.16. The molecule has 3 aromatic carbocycles. The van der Waals surface area contributed by atoms with Gasteiger partial charge in [-0.15, -0.1) is 0 Å². The molecule has 3 aromatic rings. The average Bonchev–Trinajstić information content (AvgIpc) is 3.14. The van der Waals surface area contributed by atoms with Crippen LogP contribution in [0.4, 0.5) is 8.78 Å². The zero-order chi connectivity index (χ0) is 19.3. The third kappa shape index (κ3) is 2.98. The van der Waals surface area contributed by atoms with Crippen LogP contribution in [0.2, 0.25) is 0 Å². The molecular formula is C22H15BrF2N2O. The Balaban J connectivity index is 1.59. The van der Waals surface area contributed by atoms with E-state index < -0.39 is 6.23 Å². The SMILES string of the molecule is Fc1ccc(C2=NN3[C@@H](c4ccc(F)cc4)Oc4ccc(Br)cc4[C@@H]3C2)cc1. The Morgan fingerprint density at radius 2 is 1.61 bits per heavy atom. The minimum absolute atomic E-state index is 0.0173. The zero-order valence-corrected chi connectivity index (χ0v) is 16.2. The third-order valence-corrected chi connectivity index (χ3v) is 5.58. The Morgan fingerprint density at radius 1 is 0.929 bits per heavy atom. The van der Waals surface area contributed by atoms with Crippen molar-refractivity contribution in [3.63, 3.8) is 0 Å². The van der Waals surface area contributed by atoms with Crippen molar-refractivity contribution in [1.82, 2.24) is 5.01 Å². The second kappa shape index (κ2) is 6.71. The van der Waals surface area contributed by atoms with Crippen molar-refractivity contribution in [2.75, 3.05) is 0 Å². The summed E-state index contributed by atoms with van der Waals surface area (Å²) in [5, 5.41) is 6.73. The molecule has 140 valence electrons. The fourth-order valence-electron chi connectivity index (χ4n) is 3.72. The lowest BCUT2D eigenvalue weighted by atomic mass is 9.96. The first-order valence-corrected chi connectivity index (χ1v) is 9.71. The van der Waals surface area contributed by atoms with Crippen LogP contribution in [0.3, 0.4) is 0 Å². The number of hydrazone groups is 1. The van der Waals surface area contributed by atoms with Gasteiger partial charge in [0.25, 0.3) is 0 Å². The fraction of sp³-hybridized carbons (Fsp3) is 0.136. The molecule has 2 heterocycles. The molecule has 3 nitrogen and oxygen atoms in total. The number of ether oxygens (including phenoxy) is 1. The second-order valence-corrected chi connectivity index (χ2v) is 7.77. The molecule has 2 aliphatic heterocycles. The van der Waals surface area contributed by atoms with Crippen molar-refractivity contribution >= 4 is 21.6 Å². The van der Waals surface area contributed by atoms with Crippen LogP contribution >= 0.6 is 15.9 Å². The molecule has 0 spiro atoms. The number of nitrogens with zero attached hydrogens (tertiary/aromatic N) is 2. The molecular weight excluding hydrogens is 426 g/mol. The predicted octanol–water partition coefficient (Wildman–Crippen LogP) is 5.97. The van der Waals surface area contributed by atoms with Crippen LogP contribution in [-0.4, -0.2) is 10.7 Å². The Labute approximate surface area is 169 Å². The van der Waals surface area contributed by atoms with Crippen LogP contribution in [0.1, 0.15) is 35.4 Å². The van der Waals surface area contributed by atoms with E-state index in [1.54, 1.807) is 24.3 Å². The van der Waals surface area contributed by atoms with E-state index in [2.05, 4.69) is 15.9 Å². The van der Waals surface area contributed by atoms with Gasteiger partial charge in [-0.25, -0.2) is 13.8 Å². The minimum Gasteiger partial charge on any atom is -0.464 e. The molecule has 5 rings (SSSR count). The van der Waals surface area contributed by atoms with Crippen LogP contribution in [0.15, 0.2) is 76.3 Å². The van der Waals surface area contributed by atoms with E-state index in [4.69, 9.17) is 9.84 Å². The number of rotatable bonds is 2. The lowest BCUT2D eigenvalue weighted by Gasteiger charge is -2.38. The first kappa shape index (κ1) is 17.4. The molecule has 0 N–H and O–H groups in total. The summed E-state index contributed by atoms with van der Waals surface area (Å²) in [6.07, 6.45) is 0.216. The summed E-state index contributed by atoms with van der Waals surface area (Å²) in [4.78, 5) is 0. The second-order valence-electron chi connectivity index (χ2n) is 6.86. The molecule has 2 atom stereocenters. The normalized spacial score (nSPS) is 20.2. The highest BCUT2D eigenvalue weighted by molar-refractivity contribution is 9.10. The number of fused-ring (bicyclic) bond motifs is 3. The highest BCUT2D eigenvalue weighted by Crippen LogP contribution is 2.48. The quantitative estimate of drug-likeness (QED) is 0.490. The lowest BCUT2D eigenvalue weighted by molar-refractivity contribution is -0.0191. The van der Waals surface area contributed by atoms with Crippen LogP contribution < -0.4 is 4.74 Å². The van der Waals surface area contributed by atoms with Gasteiger partial charge in [0.05, 0.1) is 11.8 Å². The van der Waals surface area contributed by atoms with Gasteiger partial charge in [0.2, 0.25) is 6.23 Å². The Morgan fingerprint density at radius 3 is 2.32 bits per heavy atom. The van der Waals surface area contributed by atoms with Gasteiger partial charge in [0.1, 0.15) is 17.4 Å². The van der Waals surface area contributed by atoms with Crippen molar-refractivity contribution < 1.29 is 13.5 Å². The van der Waals surface area contributed by atoms with E-state index in [0.29, 0.717) is 6.42 Å². The van der Waals surface area contributed by atoms with Crippen molar-refractivity contribution in [2.45, 2.75) is 18.7 Å². The van der Waals surface area contributed by atoms with Gasteiger partial charge >= 0.3 is 0 Å². The maximum Gasteiger partial charge on any atom is 0.213 e. The molecule has 0 radical (unpaired) electrons. The fourth-order valence-corrected chi connectivity index (χ4v) is 4.10. The maximum atomic E-state index is 13.4. The van der Waals surface area contributed by atoms with Gasteiger partial charge < -0.3 is 4.74 Å². The average molecular weight is 441 g/mol. The molecule has 0 saturated heterocycles. The van der Waals surface area contributed by atoms with E-state index in [0.717, 1.165) is 32.6 Å². The van der Waals surface area contributed by atoms with Crippen LogP contribution in [0.25, 0.3) is 0 Å². The molecule has 0 aromatic heterocycles. The number of hydrogen-bond donors (Lipinski definition) is 0. The van der Waals surface area contributed by atoms with Gasteiger partial charge in [-0.3, -0.25) is 0 Å². The molecule has 2 aliphatic rings. The molecule has 0 fully saturated rings. The van der Waals surface area contributed by atoms with E-state index in [-0.39, 0.29) is 17.7 Å². The van der Waals surface area contributed by atoms with E-state index in [1.165, 1.54) is 24.3 Å². The molecule has 6 heteroatoms. The van der Waals surface area contributed by atoms with Crippen LogP contribution in [0, 0.1) is 11.6 Å². The summed E-state index contributed by atoms with van der Waals surface area (Å²) in [5.74, 6) is 0.216. The number of hydrogen-bond acceptors (Lipinski definition) is 3. The highest BCUT2D eigenvalue weighted by Gasteiger charge is 2.41. The molecule has 0 bridgehead atoms.